The Kier molecular flexibility index (Phi) is 6.89. The van der Waals surface area contributed by atoms with Gasteiger partial charge in [0.25, 0.3) is 15.9 Å². The van der Waals surface area contributed by atoms with E-state index in [9.17, 15) is 21.6 Å². The second-order valence-corrected chi connectivity index (χ2v) is 12.7. The van der Waals surface area contributed by atoms with Crippen LogP contribution >= 0.6 is 15.9 Å². The molecule has 0 saturated carbocycles. The molecular weight excluding hydrogens is 584 g/mol. The van der Waals surface area contributed by atoms with Gasteiger partial charge in [-0.15, -0.1) is 4.40 Å². The predicted molar refractivity (Wildman–Crippen MR) is 142 cm³/mol. The zero-order valence-corrected chi connectivity index (χ0v) is 22.4. The summed E-state index contributed by atoms with van der Waals surface area (Å²) in [6.45, 7) is 1.10. The number of benzene rings is 3. The van der Waals surface area contributed by atoms with Crippen LogP contribution in [0.4, 0.5) is 11.4 Å². The average molecular weight is 605 g/mol. The molecule has 0 bridgehead atoms. The van der Waals surface area contributed by atoms with Crippen molar-refractivity contribution in [2.45, 2.75) is 9.79 Å². The minimum atomic E-state index is -3.97. The number of amidine groups is 1. The maximum Gasteiger partial charge on any atom is 0.286 e. The summed E-state index contributed by atoms with van der Waals surface area (Å²) in [5.74, 6) is -0.527. The smallest absolute Gasteiger partial charge is 0.286 e. The largest absolute Gasteiger partial charge is 0.379 e. The number of anilines is 2. The fourth-order valence-electron chi connectivity index (χ4n) is 3.98. The zero-order chi connectivity index (χ0) is 26.2. The van der Waals surface area contributed by atoms with Crippen molar-refractivity contribution < 1.29 is 26.4 Å². The predicted octanol–water partition coefficient (Wildman–Crippen LogP) is 3.28. The van der Waals surface area contributed by atoms with Crippen molar-refractivity contribution in [3.05, 3.63) is 82.3 Å². The molecule has 5 rings (SSSR count). The van der Waals surface area contributed by atoms with Gasteiger partial charge in [-0.05, 0) is 48.5 Å². The van der Waals surface area contributed by atoms with Gasteiger partial charge in [0.05, 0.1) is 29.5 Å². The van der Waals surface area contributed by atoms with E-state index in [-0.39, 0.29) is 40.0 Å². The van der Waals surface area contributed by atoms with Gasteiger partial charge in [-0.3, -0.25) is 4.79 Å². The SMILES string of the molecule is O=C(Nc1ccc(Br)cc1C1=NS(=O)(=O)c2ccccc2N1)c1cccc(S(=O)(=O)N2CCOCC2)c1. The fourth-order valence-corrected chi connectivity index (χ4v) is 6.93. The topological polar surface area (TPSA) is 134 Å². The molecule has 0 radical (unpaired) electrons. The molecule has 0 aliphatic carbocycles. The molecule has 13 heteroatoms. The van der Waals surface area contributed by atoms with E-state index in [1.54, 1.807) is 36.4 Å². The minimum Gasteiger partial charge on any atom is -0.379 e. The Labute approximate surface area is 222 Å². The van der Waals surface area contributed by atoms with Crippen molar-refractivity contribution in [2.24, 2.45) is 4.40 Å². The molecule has 10 nitrogen and oxygen atoms in total. The molecular formula is C24H21BrN4O6S2. The van der Waals surface area contributed by atoms with E-state index < -0.39 is 26.0 Å². The summed E-state index contributed by atoms with van der Waals surface area (Å²) in [5, 5.41) is 5.78. The zero-order valence-electron chi connectivity index (χ0n) is 19.2. The number of sulfonamides is 2. The molecule has 1 saturated heterocycles. The number of hydrogen-bond acceptors (Lipinski definition) is 7. The third-order valence-electron chi connectivity index (χ3n) is 5.82. The van der Waals surface area contributed by atoms with Gasteiger partial charge in [0.1, 0.15) is 4.90 Å². The molecule has 2 heterocycles. The van der Waals surface area contributed by atoms with Gasteiger partial charge < -0.3 is 15.4 Å². The van der Waals surface area contributed by atoms with Gasteiger partial charge >= 0.3 is 0 Å². The van der Waals surface area contributed by atoms with Crippen molar-refractivity contribution in [2.75, 3.05) is 36.9 Å². The van der Waals surface area contributed by atoms with Crippen LogP contribution in [0.3, 0.4) is 0 Å². The summed E-state index contributed by atoms with van der Waals surface area (Å²) in [6.07, 6.45) is 0. The Morgan fingerprint density at radius 3 is 2.57 bits per heavy atom. The summed E-state index contributed by atoms with van der Waals surface area (Å²) in [6, 6.07) is 17.1. The first-order valence-electron chi connectivity index (χ1n) is 11.2. The monoisotopic (exact) mass is 604 g/mol. The number of para-hydroxylation sites is 1. The van der Waals surface area contributed by atoms with Crippen molar-refractivity contribution in [3.63, 3.8) is 0 Å². The van der Waals surface area contributed by atoms with Gasteiger partial charge in [0.15, 0.2) is 5.84 Å². The fraction of sp³-hybridized carbons (Fsp3) is 0.167. The molecule has 2 aliphatic rings. The highest BCUT2D eigenvalue weighted by Gasteiger charge is 2.28. The van der Waals surface area contributed by atoms with Crippen LogP contribution in [0.5, 0.6) is 0 Å². The number of halogens is 1. The summed E-state index contributed by atoms with van der Waals surface area (Å²) in [4.78, 5) is 13.2. The highest BCUT2D eigenvalue weighted by Crippen LogP contribution is 2.31. The molecule has 3 aromatic rings. The van der Waals surface area contributed by atoms with E-state index in [0.717, 1.165) is 0 Å². The van der Waals surface area contributed by atoms with Gasteiger partial charge in [0, 0.05) is 28.7 Å². The van der Waals surface area contributed by atoms with Crippen LogP contribution in [-0.4, -0.2) is 59.2 Å². The first-order chi connectivity index (χ1) is 17.6. The van der Waals surface area contributed by atoms with Crippen LogP contribution in [0.1, 0.15) is 15.9 Å². The van der Waals surface area contributed by atoms with Gasteiger partial charge in [-0.2, -0.15) is 12.7 Å². The van der Waals surface area contributed by atoms with Crippen molar-refractivity contribution in [3.8, 4) is 0 Å². The molecule has 1 amide bonds. The van der Waals surface area contributed by atoms with Crippen molar-refractivity contribution in [1.29, 1.82) is 0 Å². The number of amides is 1. The summed E-state index contributed by atoms with van der Waals surface area (Å²) in [5.41, 5.74) is 1.11. The van der Waals surface area contributed by atoms with E-state index in [1.165, 1.54) is 34.6 Å². The number of nitrogens with one attached hydrogen (secondary N) is 2. The van der Waals surface area contributed by atoms with E-state index in [1.807, 2.05) is 0 Å². The first kappa shape index (κ1) is 25.5. The molecule has 0 aromatic heterocycles. The number of carbonyl (C=O) groups is 1. The standard InChI is InChI=1S/C24H21BrN4O6S2/c25-17-8-9-20(19(15-17)23-26-21-6-1-2-7-22(21)36(31,32)28-23)27-24(30)16-4-3-5-18(14-16)37(33,34)29-10-12-35-13-11-29/h1-9,14-15H,10-13H2,(H,26,28)(H,27,30). The van der Waals surface area contributed by atoms with Crippen LogP contribution in [0.15, 0.2) is 85.4 Å². The lowest BCUT2D eigenvalue weighted by atomic mass is 10.1. The van der Waals surface area contributed by atoms with E-state index in [2.05, 4.69) is 31.0 Å². The van der Waals surface area contributed by atoms with Crippen molar-refractivity contribution >= 4 is 59.1 Å². The molecule has 37 heavy (non-hydrogen) atoms. The Balaban J connectivity index is 1.46. The van der Waals surface area contributed by atoms with Gasteiger partial charge in [-0.25, -0.2) is 8.42 Å². The molecule has 1 fully saturated rings. The van der Waals surface area contributed by atoms with Crippen LogP contribution in [0.2, 0.25) is 0 Å². The average Bonchev–Trinajstić information content (AvgIpc) is 2.90. The number of rotatable bonds is 5. The molecule has 0 spiro atoms. The van der Waals surface area contributed by atoms with Gasteiger partial charge in [0.2, 0.25) is 10.0 Å². The molecule has 2 N–H and O–H groups in total. The molecule has 2 aliphatic heterocycles. The minimum absolute atomic E-state index is 0.000831. The Morgan fingerprint density at radius 1 is 1.03 bits per heavy atom. The maximum atomic E-state index is 13.2. The summed E-state index contributed by atoms with van der Waals surface area (Å²) in [7, 11) is -7.76. The molecule has 0 atom stereocenters. The summed E-state index contributed by atoms with van der Waals surface area (Å²) < 4.78 is 62.7. The number of hydrogen-bond donors (Lipinski definition) is 2. The Bertz CT molecular complexity index is 1630. The van der Waals surface area contributed by atoms with Gasteiger partial charge in [-0.1, -0.05) is 34.1 Å². The van der Waals surface area contributed by atoms with E-state index >= 15 is 0 Å². The first-order valence-corrected chi connectivity index (χ1v) is 14.8. The normalized spacial score (nSPS) is 17.3. The molecule has 192 valence electrons. The number of carbonyl (C=O) groups excluding carboxylic acids is 1. The highest BCUT2D eigenvalue weighted by molar-refractivity contribution is 9.10. The van der Waals surface area contributed by atoms with E-state index in [0.29, 0.717) is 28.9 Å². The maximum absolute atomic E-state index is 13.2. The lowest BCUT2D eigenvalue weighted by Gasteiger charge is -2.26. The second-order valence-electron chi connectivity index (χ2n) is 8.22. The lowest BCUT2D eigenvalue weighted by Crippen LogP contribution is -2.40. The Hall–Kier alpha value is -3.10. The van der Waals surface area contributed by atoms with E-state index in [4.69, 9.17) is 4.74 Å². The molecule has 0 unspecified atom stereocenters. The number of morpholine rings is 1. The Morgan fingerprint density at radius 2 is 1.78 bits per heavy atom. The van der Waals surface area contributed by atoms with Crippen LogP contribution in [-0.2, 0) is 24.8 Å². The van der Waals surface area contributed by atoms with Crippen LogP contribution in [0.25, 0.3) is 0 Å². The molecule has 3 aromatic carbocycles. The van der Waals surface area contributed by atoms with Crippen LogP contribution in [0, 0.1) is 0 Å². The third-order valence-corrected chi connectivity index (χ3v) is 9.54. The number of ether oxygens (including phenoxy) is 1. The lowest BCUT2D eigenvalue weighted by molar-refractivity contribution is 0.0730. The highest BCUT2D eigenvalue weighted by atomic mass is 79.9. The quantitative estimate of drug-likeness (QED) is 0.456. The summed E-state index contributed by atoms with van der Waals surface area (Å²) >= 11 is 3.38. The third kappa shape index (κ3) is 5.18. The van der Waals surface area contributed by atoms with Crippen molar-refractivity contribution in [1.82, 2.24) is 4.31 Å². The van der Waals surface area contributed by atoms with Crippen LogP contribution < -0.4 is 10.6 Å². The second kappa shape index (κ2) is 9.99. The number of fused-ring (bicyclic) bond motifs is 1. The number of nitrogens with zero attached hydrogens (tertiary/aromatic N) is 2.